The first-order chi connectivity index (χ1) is 8.68. The molecule has 1 aromatic carbocycles. The number of benzene rings is 1. The van der Waals surface area contributed by atoms with Gasteiger partial charge in [0, 0.05) is 19.6 Å². The van der Waals surface area contributed by atoms with Crippen molar-refractivity contribution in [3.63, 3.8) is 0 Å². The van der Waals surface area contributed by atoms with E-state index in [1.54, 1.807) is 0 Å². The molecule has 98 valence electrons. The Labute approximate surface area is 108 Å². The third kappa shape index (κ3) is 3.09. The summed E-state index contributed by atoms with van der Waals surface area (Å²) >= 11 is 0. The molecule has 4 nitrogen and oxygen atoms in total. The lowest BCUT2D eigenvalue weighted by atomic mass is 10.0. The van der Waals surface area contributed by atoms with E-state index < -0.39 is 12.0 Å². The summed E-state index contributed by atoms with van der Waals surface area (Å²) in [6.45, 7) is 5.45. The highest BCUT2D eigenvalue weighted by molar-refractivity contribution is 5.75. The number of carboxylic acids is 1. The molecule has 4 heteroatoms. The van der Waals surface area contributed by atoms with Gasteiger partial charge in [0.05, 0.1) is 0 Å². The van der Waals surface area contributed by atoms with Crippen molar-refractivity contribution in [3.8, 4) is 0 Å². The number of nitrogens with zero attached hydrogens (tertiary/aromatic N) is 1. The number of hydrogen-bond acceptors (Lipinski definition) is 3. The fourth-order valence-corrected chi connectivity index (χ4v) is 2.38. The van der Waals surface area contributed by atoms with E-state index in [1.165, 1.54) is 0 Å². The van der Waals surface area contributed by atoms with Crippen LogP contribution in [-0.4, -0.2) is 42.2 Å². The van der Waals surface area contributed by atoms with Gasteiger partial charge in [0.15, 0.2) is 0 Å². The molecule has 0 saturated carbocycles. The van der Waals surface area contributed by atoms with Gasteiger partial charge < -0.3 is 10.4 Å². The van der Waals surface area contributed by atoms with Crippen LogP contribution in [0, 0.1) is 6.92 Å². The van der Waals surface area contributed by atoms with Crippen LogP contribution < -0.4 is 5.32 Å². The average molecular weight is 248 g/mol. The molecule has 2 rings (SSSR count). The molecule has 1 saturated heterocycles. The van der Waals surface area contributed by atoms with Gasteiger partial charge in [-0.3, -0.25) is 9.69 Å². The summed E-state index contributed by atoms with van der Waals surface area (Å²) in [6.07, 6.45) is 0.996. The predicted octanol–water partition coefficient (Wildman–Crippen LogP) is 1.42. The van der Waals surface area contributed by atoms with Crippen molar-refractivity contribution in [1.82, 2.24) is 10.2 Å². The molecule has 1 aliphatic rings. The molecule has 2 N–H and O–H groups in total. The van der Waals surface area contributed by atoms with Gasteiger partial charge in [-0.05, 0) is 25.5 Å². The van der Waals surface area contributed by atoms with Crippen molar-refractivity contribution >= 4 is 5.97 Å². The lowest BCUT2D eigenvalue weighted by Crippen LogP contribution is -2.36. The van der Waals surface area contributed by atoms with E-state index in [0.29, 0.717) is 0 Å². The van der Waals surface area contributed by atoms with E-state index in [1.807, 2.05) is 36.1 Å². The van der Waals surface area contributed by atoms with Crippen LogP contribution in [0.5, 0.6) is 0 Å². The Morgan fingerprint density at radius 2 is 2.00 bits per heavy atom. The molecule has 1 atom stereocenters. The molecule has 0 aromatic heterocycles. The molecule has 1 unspecified atom stereocenters. The molecule has 0 radical (unpaired) electrons. The zero-order valence-corrected chi connectivity index (χ0v) is 10.7. The van der Waals surface area contributed by atoms with Crippen molar-refractivity contribution < 1.29 is 9.90 Å². The number of rotatable bonds is 3. The smallest absolute Gasteiger partial charge is 0.325 e. The minimum Gasteiger partial charge on any atom is -0.480 e. The SMILES string of the molecule is Cc1ccc(C(C(=O)O)N2CCCNCC2)cc1. The normalized spacial score (nSPS) is 19.2. The molecule has 0 amide bonds. The lowest BCUT2D eigenvalue weighted by Gasteiger charge is -2.27. The van der Waals surface area contributed by atoms with Crippen molar-refractivity contribution in [2.75, 3.05) is 26.2 Å². The molecule has 1 heterocycles. The number of carbonyl (C=O) groups is 1. The Hall–Kier alpha value is -1.39. The fraction of sp³-hybridized carbons (Fsp3) is 0.500. The molecule has 0 aliphatic carbocycles. The molecule has 0 bridgehead atoms. The Balaban J connectivity index is 2.21. The van der Waals surface area contributed by atoms with Gasteiger partial charge in [0.1, 0.15) is 6.04 Å². The minimum atomic E-state index is -0.763. The molecule has 18 heavy (non-hydrogen) atoms. The summed E-state index contributed by atoms with van der Waals surface area (Å²) in [5.41, 5.74) is 2.02. The fourth-order valence-electron chi connectivity index (χ4n) is 2.38. The summed E-state index contributed by atoms with van der Waals surface area (Å²) < 4.78 is 0. The van der Waals surface area contributed by atoms with E-state index in [4.69, 9.17) is 0 Å². The van der Waals surface area contributed by atoms with Crippen LogP contribution in [-0.2, 0) is 4.79 Å². The maximum absolute atomic E-state index is 11.5. The monoisotopic (exact) mass is 248 g/mol. The van der Waals surface area contributed by atoms with E-state index in [9.17, 15) is 9.90 Å². The Morgan fingerprint density at radius 1 is 1.28 bits per heavy atom. The van der Waals surface area contributed by atoms with Crippen molar-refractivity contribution in [2.45, 2.75) is 19.4 Å². The second-order valence-electron chi connectivity index (χ2n) is 4.79. The average Bonchev–Trinajstić information content (AvgIpc) is 2.60. The third-order valence-corrected chi connectivity index (χ3v) is 3.37. The number of hydrogen-bond donors (Lipinski definition) is 2. The highest BCUT2D eigenvalue weighted by Gasteiger charge is 2.27. The summed E-state index contributed by atoms with van der Waals surface area (Å²) in [4.78, 5) is 13.6. The maximum Gasteiger partial charge on any atom is 0.325 e. The van der Waals surface area contributed by atoms with Gasteiger partial charge >= 0.3 is 5.97 Å². The highest BCUT2D eigenvalue weighted by atomic mass is 16.4. The van der Waals surface area contributed by atoms with Crippen molar-refractivity contribution in [1.29, 1.82) is 0 Å². The topological polar surface area (TPSA) is 52.6 Å². The molecule has 1 fully saturated rings. The van der Waals surface area contributed by atoms with E-state index in [0.717, 1.165) is 43.7 Å². The Kier molecular flexibility index (Phi) is 4.33. The van der Waals surface area contributed by atoms with Crippen LogP contribution >= 0.6 is 0 Å². The molecular formula is C14H20N2O2. The first-order valence-electron chi connectivity index (χ1n) is 6.42. The van der Waals surface area contributed by atoms with Gasteiger partial charge in [-0.25, -0.2) is 0 Å². The van der Waals surface area contributed by atoms with Crippen LogP contribution in [0.15, 0.2) is 24.3 Å². The van der Waals surface area contributed by atoms with E-state index in [2.05, 4.69) is 5.32 Å². The van der Waals surface area contributed by atoms with Crippen LogP contribution in [0.2, 0.25) is 0 Å². The first kappa shape index (κ1) is 13.1. The van der Waals surface area contributed by atoms with Crippen molar-refractivity contribution in [2.24, 2.45) is 0 Å². The molecule has 1 aromatic rings. The summed E-state index contributed by atoms with van der Waals surface area (Å²) in [5, 5.41) is 12.8. The van der Waals surface area contributed by atoms with E-state index >= 15 is 0 Å². The van der Waals surface area contributed by atoms with Crippen LogP contribution in [0.1, 0.15) is 23.6 Å². The quantitative estimate of drug-likeness (QED) is 0.849. The predicted molar refractivity (Wildman–Crippen MR) is 70.6 cm³/mol. The van der Waals surface area contributed by atoms with Gasteiger partial charge in [-0.2, -0.15) is 0 Å². The molecular weight excluding hydrogens is 228 g/mol. The second-order valence-corrected chi connectivity index (χ2v) is 4.79. The summed E-state index contributed by atoms with van der Waals surface area (Å²) in [6, 6.07) is 7.27. The number of carboxylic acid groups (broad SMARTS) is 1. The van der Waals surface area contributed by atoms with Crippen LogP contribution in [0.25, 0.3) is 0 Å². The zero-order chi connectivity index (χ0) is 13.0. The van der Waals surface area contributed by atoms with Gasteiger partial charge in [-0.1, -0.05) is 29.8 Å². The number of aryl methyl sites for hydroxylation is 1. The summed E-state index contributed by atoms with van der Waals surface area (Å²) in [5.74, 6) is -0.763. The first-order valence-corrected chi connectivity index (χ1v) is 6.42. The minimum absolute atomic E-state index is 0.523. The molecule has 0 spiro atoms. The highest BCUT2D eigenvalue weighted by Crippen LogP contribution is 2.22. The Morgan fingerprint density at radius 3 is 2.67 bits per heavy atom. The van der Waals surface area contributed by atoms with Crippen LogP contribution in [0.4, 0.5) is 0 Å². The van der Waals surface area contributed by atoms with Gasteiger partial charge in [0.2, 0.25) is 0 Å². The van der Waals surface area contributed by atoms with Crippen LogP contribution in [0.3, 0.4) is 0 Å². The van der Waals surface area contributed by atoms with Crippen molar-refractivity contribution in [3.05, 3.63) is 35.4 Å². The van der Waals surface area contributed by atoms with Gasteiger partial charge in [0.25, 0.3) is 0 Å². The number of nitrogens with one attached hydrogen (secondary N) is 1. The second kappa shape index (κ2) is 5.98. The number of aliphatic carboxylic acids is 1. The summed E-state index contributed by atoms with van der Waals surface area (Å²) in [7, 11) is 0. The largest absolute Gasteiger partial charge is 0.480 e. The Bertz CT molecular complexity index is 395. The van der Waals surface area contributed by atoms with Gasteiger partial charge in [-0.15, -0.1) is 0 Å². The zero-order valence-electron chi connectivity index (χ0n) is 10.7. The third-order valence-electron chi connectivity index (χ3n) is 3.37. The standard InChI is InChI=1S/C14H20N2O2/c1-11-3-5-12(6-4-11)13(14(17)18)16-9-2-7-15-8-10-16/h3-6,13,15H,2,7-10H2,1H3,(H,17,18). The van der Waals surface area contributed by atoms with E-state index in [-0.39, 0.29) is 0 Å². The lowest BCUT2D eigenvalue weighted by molar-refractivity contribution is -0.143. The molecule has 1 aliphatic heterocycles. The maximum atomic E-state index is 11.5.